The summed E-state index contributed by atoms with van der Waals surface area (Å²) in [6.07, 6.45) is 4.47. The third kappa shape index (κ3) is 1.82. The van der Waals surface area contributed by atoms with E-state index in [4.69, 9.17) is 4.74 Å². The standard InChI is InChI=1S/C14H10FN3O2/c1-20-14(19)11-9-3-2-4-10(15)13(9)18-12(11)8-5-16-7-17-6-8/h2-7,18H,1H3. The summed E-state index contributed by atoms with van der Waals surface area (Å²) in [5, 5.41) is 0.468. The normalized spacial score (nSPS) is 10.7. The molecule has 6 heteroatoms. The van der Waals surface area contributed by atoms with Crippen LogP contribution in [0.2, 0.25) is 0 Å². The number of carbonyl (C=O) groups is 1. The first kappa shape index (κ1) is 12.3. The molecule has 100 valence electrons. The molecule has 1 N–H and O–H groups in total. The Morgan fingerprint density at radius 3 is 2.75 bits per heavy atom. The zero-order valence-corrected chi connectivity index (χ0v) is 10.6. The van der Waals surface area contributed by atoms with E-state index in [1.54, 1.807) is 24.5 Å². The van der Waals surface area contributed by atoms with E-state index in [0.29, 0.717) is 16.6 Å². The van der Waals surface area contributed by atoms with E-state index in [-0.39, 0.29) is 11.1 Å². The molecular formula is C14H10FN3O2. The molecule has 0 aliphatic heterocycles. The molecule has 3 rings (SSSR count). The number of aromatic nitrogens is 3. The van der Waals surface area contributed by atoms with Gasteiger partial charge in [0.2, 0.25) is 0 Å². The molecule has 2 heterocycles. The Balaban J connectivity index is 2.36. The highest BCUT2D eigenvalue weighted by atomic mass is 19.1. The largest absolute Gasteiger partial charge is 0.465 e. The van der Waals surface area contributed by atoms with Crippen molar-refractivity contribution in [2.45, 2.75) is 0 Å². The fourth-order valence-electron chi connectivity index (χ4n) is 2.14. The van der Waals surface area contributed by atoms with Crippen LogP contribution in [0.4, 0.5) is 4.39 Å². The number of ether oxygens (including phenoxy) is 1. The smallest absolute Gasteiger partial charge is 0.340 e. The van der Waals surface area contributed by atoms with Gasteiger partial charge in [0.15, 0.2) is 0 Å². The van der Waals surface area contributed by atoms with Crippen LogP contribution < -0.4 is 0 Å². The van der Waals surface area contributed by atoms with Crippen LogP contribution in [0.25, 0.3) is 22.2 Å². The number of aromatic amines is 1. The summed E-state index contributed by atoms with van der Waals surface area (Å²) in [5.74, 6) is -0.976. The number of fused-ring (bicyclic) bond motifs is 1. The number of benzene rings is 1. The summed E-state index contributed by atoms with van der Waals surface area (Å²) in [6, 6.07) is 4.53. The predicted octanol–water partition coefficient (Wildman–Crippen LogP) is 2.55. The Labute approximate surface area is 113 Å². The lowest BCUT2D eigenvalue weighted by molar-refractivity contribution is 0.0604. The van der Waals surface area contributed by atoms with Gasteiger partial charge >= 0.3 is 5.97 Å². The van der Waals surface area contributed by atoms with Crippen molar-refractivity contribution in [2.24, 2.45) is 0 Å². The molecule has 0 aliphatic rings. The maximum atomic E-state index is 13.8. The lowest BCUT2D eigenvalue weighted by atomic mass is 10.1. The van der Waals surface area contributed by atoms with E-state index >= 15 is 0 Å². The van der Waals surface area contributed by atoms with Crippen molar-refractivity contribution < 1.29 is 13.9 Å². The van der Waals surface area contributed by atoms with Crippen molar-refractivity contribution >= 4 is 16.9 Å². The minimum Gasteiger partial charge on any atom is -0.465 e. The molecule has 0 fully saturated rings. The Morgan fingerprint density at radius 2 is 2.05 bits per heavy atom. The third-order valence-corrected chi connectivity index (χ3v) is 3.02. The lowest BCUT2D eigenvalue weighted by Gasteiger charge is -2.02. The van der Waals surface area contributed by atoms with E-state index in [1.165, 1.54) is 19.5 Å². The maximum absolute atomic E-state index is 13.8. The van der Waals surface area contributed by atoms with Crippen LogP contribution in [0.5, 0.6) is 0 Å². The minimum absolute atomic E-state index is 0.256. The van der Waals surface area contributed by atoms with Gasteiger partial charge in [0, 0.05) is 23.3 Å². The number of methoxy groups -OCH3 is 1. The summed E-state index contributed by atoms with van der Waals surface area (Å²) in [5.41, 5.74) is 1.56. The Kier molecular flexibility index (Phi) is 2.90. The van der Waals surface area contributed by atoms with Gasteiger partial charge < -0.3 is 9.72 Å². The highest BCUT2D eigenvalue weighted by molar-refractivity contribution is 6.10. The maximum Gasteiger partial charge on any atom is 0.340 e. The zero-order chi connectivity index (χ0) is 14.1. The fraction of sp³-hybridized carbons (Fsp3) is 0.0714. The molecule has 0 atom stereocenters. The summed E-state index contributed by atoms with van der Waals surface area (Å²) < 4.78 is 18.6. The Hall–Kier alpha value is -2.76. The number of halogens is 1. The van der Waals surface area contributed by atoms with E-state index in [1.807, 2.05) is 0 Å². The van der Waals surface area contributed by atoms with Gasteiger partial charge in [-0.05, 0) is 6.07 Å². The van der Waals surface area contributed by atoms with Crippen LogP contribution in [0.15, 0.2) is 36.9 Å². The molecule has 2 aromatic heterocycles. The molecule has 0 saturated carbocycles. The topological polar surface area (TPSA) is 67.9 Å². The molecule has 3 aromatic rings. The van der Waals surface area contributed by atoms with Gasteiger partial charge in [-0.15, -0.1) is 0 Å². The van der Waals surface area contributed by atoms with Gasteiger partial charge in [-0.2, -0.15) is 0 Å². The quantitative estimate of drug-likeness (QED) is 0.727. The third-order valence-electron chi connectivity index (χ3n) is 3.02. The number of para-hydroxylation sites is 1. The Bertz CT molecular complexity index is 784. The van der Waals surface area contributed by atoms with Crippen molar-refractivity contribution in [1.82, 2.24) is 15.0 Å². The van der Waals surface area contributed by atoms with Crippen molar-refractivity contribution in [3.63, 3.8) is 0 Å². The van der Waals surface area contributed by atoms with Crippen molar-refractivity contribution in [3.8, 4) is 11.3 Å². The number of hydrogen-bond donors (Lipinski definition) is 1. The molecule has 1 aromatic carbocycles. The van der Waals surface area contributed by atoms with Crippen LogP contribution in [0.1, 0.15) is 10.4 Å². The highest BCUT2D eigenvalue weighted by Gasteiger charge is 2.21. The van der Waals surface area contributed by atoms with Crippen LogP contribution >= 0.6 is 0 Å². The number of carbonyl (C=O) groups excluding carboxylic acids is 1. The van der Waals surface area contributed by atoms with Gasteiger partial charge in [0.1, 0.15) is 12.1 Å². The SMILES string of the molecule is COC(=O)c1c(-c2cncnc2)[nH]c2c(F)cccc12. The summed E-state index contributed by atoms with van der Waals surface area (Å²) in [4.78, 5) is 22.7. The zero-order valence-electron chi connectivity index (χ0n) is 10.6. The number of nitrogens with zero attached hydrogens (tertiary/aromatic N) is 2. The first-order chi connectivity index (χ1) is 9.72. The summed E-state index contributed by atoms with van der Waals surface area (Å²) >= 11 is 0. The average molecular weight is 271 g/mol. The number of hydrogen-bond acceptors (Lipinski definition) is 4. The molecule has 0 saturated heterocycles. The number of H-pyrrole nitrogens is 1. The fourth-order valence-corrected chi connectivity index (χ4v) is 2.14. The van der Waals surface area contributed by atoms with E-state index in [9.17, 15) is 9.18 Å². The summed E-state index contributed by atoms with van der Waals surface area (Å²) in [6.45, 7) is 0. The average Bonchev–Trinajstić information content (AvgIpc) is 2.88. The van der Waals surface area contributed by atoms with Crippen LogP contribution in [0.3, 0.4) is 0 Å². The van der Waals surface area contributed by atoms with Gasteiger partial charge in [0.05, 0.1) is 23.9 Å². The first-order valence-electron chi connectivity index (χ1n) is 5.86. The first-order valence-corrected chi connectivity index (χ1v) is 5.86. The molecule has 5 nitrogen and oxygen atoms in total. The van der Waals surface area contributed by atoms with Crippen LogP contribution in [-0.2, 0) is 4.74 Å². The van der Waals surface area contributed by atoms with E-state index in [0.717, 1.165) is 0 Å². The molecule has 0 spiro atoms. The minimum atomic E-state index is -0.541. The Morgan fingerprint density at radius 1 is 1.30 bits per heavy atom. The molecular weight excluding hydrogens is 261 g/mol. The molecule has 0 aliphatic carbocycles. The molecule has 0 unspecified atom stereocenters. The second kappa shape index (κ2) is 4.73. The van der Waals surface area contributed by atoms with Crippen LogP contribution in [-0.4, -0.2) is 28.0 Å². The number of rotatable bonds is 2. The number of nitrogens with one attached hydrogen (secondary N) is 1. The van der Waals surface area contributed by atoms with Gasteiger partial charge in [0.25, 0.3) is 0 Å². The monoisotopic (exact) mass is 271 g/mol. The lowest BCUT2D eigenvalue weighted by Crippen LogP contribution is -2.02. The molecule has 0 bridgehead atoms. The van der Waals surface area contributed by atoms with E-state index < -0.39 is 11.8 Å². The van der Waals surface area contributed by atoms with E-state index in [2.05, 4.69) is 15.0 Å². The second-order valence-electron chi connectivity index (χ2n) is 4.16. The van der Waals surface area contributed by atoms with Gasteiger partial charge in [-0.1, -0.05) is 12.1 Å². The van der Waals surface area contributed by atoms with Gasteiger partial charge in [-0.25, -0.2) is 19.2 Å². The summed E-state index contributed by atoms with van der Waals surface area (Å²) in [7, 11) is 1.28. The molecule has 0 amide bonds. The van der Waals surface area contributed by atoms with Crippen LogP contribution in [0, 0.1) is 5.82 Å². The van der Waals surface area contributed by atoms with Crippen molar-refractivity contribution in [2.75, 3.05) is 7.11 Å². The van der Waals surface area contributed by atoms with Crippen molar-refractivity contribution in [3.05, 3.63) is 48.3 Å². The molecule has 0 radical (unpaired) electrons. The number of esters is 1. The molecule has 20 heavy (non-hydrogen) atoms. The highest BCUT2D eigenvalue weighted by Crippen LogP contribution is 2.31. The second-order valence-corrected chi connectivity index (χ2v) is 4.16. The van der Waals surface area contributed by atoms with Gasteiger partial charge in [-0.3, -0.25) is 0 Å². The predicted molar refractivity (Wildman–Crippen MR) is 70.6 cm³/mol. The van der Waals surface area contributed by atoms with Crippen molar-refractivity contribution in [1.29, 1.82) is 0 Å².